The van der Waals surface area contributed by atoms with Crippen LogP contribution in [-0.2, 0) is 4.79 Å². The summed E-state index contributed by atoms with van der Waals surface area (Å²) in [5, 5.41) is 2.88. The second kappa shape index (κ2) is 8.72. The summed E-state index contributed by atoms with van der Waals surface area (Å²) >= 11 is 0. The Morgan fingerprint density at radius 2 is 1.93 bits per heavy atom. The van der Waals surface area contributed by atoms with Crippen LogP contribution in [0.1, 0.15) is 52.9 Å². The fourth-order valence-electron chi connectivity index (χ4n) is 1.46. The van der Waals surface area contributed by atoms with Gasteiger partial charge >= 0.3 is 0 Å². The largest absolute Gasteiger partial charge is 0.355 e. The van der Waals surface area contributed by atoms with Gasteiger partial charge in [-0.3, -0.25) is 4.79 Å². The zero-order chi connectivity index (χ0) is 11.7. The first-order valence-electron chi connectivity index (χ1n) is 6.11. The predicted octanol–water partition coefficient (Wildman–Crippen LogP) is 2.06. The summed E-state index contributed by atoms with van der Waals surface area (Å²) in [4.78, 5) is 11.4. The van der Waals surface area contributed by atoms with E-state index in [0.717, 1.165) is 31.7 Å². The number of carbonyl (C=O) groups excluding carboxylic acids is 1. The lowest BCUT2D eigenvalue weighted by Crippen LogP contribution is -2.40. The minimum absolute atomic E-state index is 0.00129. The van der Waals surface area contributed by atoms with Crippen molar-refractivity contribution in [3.05, 3.63) is 0 Å². The molecule has 0 radical (unpaired) electrons. The van der Waals surface area contributed by atoms with E-state index in [4.69, 9.17) is 5.73 Å². The molecule has 0 saturated carbocycles. The van der Waals surface area contributed by atoms with Crippen molar-refractivity contribution in [3.63, 3.8) is 0 Å². The molecular formula is C12H26N2O. The molecule has 3 N–H and O–H groups in total. The smallest absolute Gasteiger partial charge is 0.236 e. The van der Waals surface area contributed by atoms with E-state index in [9.17, 15) is 4.79 Å². The van der Waals surface area contributed by atoms with Crippen LogP contribution < -0.4 is 11.1 Å². The van der Waals surface area contributed by atoms with E-state index in [2.05, 4.69) is 19.2 Å². The summed E-state index contributed by atoms with van der Waals surface area (Å²) in [6, 6.07) is -0.319. The van der Waals surface area contributed by atoms with E-state index in [1.807, 2.05) is 6.92 Å². The Balaban J connectivity index is 3.38. The number of amides is 1. The van der Waals surface area contributed by atoms with Crippen molar-refractivity contribution in [1.82, 2.24) is 5.32 Å². The van der Waals surface area contributed by atoms with E-state index >= 15 is 0 Å². The molecule has 3 heteroatoms. The second-order valence-electron chi connectivity index (χ2n) is 4.58. The number of rotatable bonds is 8. The molecule has 15 heavy (non-hydrogen) atoms. The van der Waals surface area contributed by atoms with Gasteiger partial charge in [-0.25, -0.2) is 0 Å². The van der Waals surface area contributed by atoms with Gasteiger partial charge in [-0.05, 0) is 18.8 Å². The molecule has 0 aliphatic heterocycles. The van der Waals surface area contributed by atoms with E-state index in [1.165, 1.54) is 12.8 Å². The van der Waals surface area contributed by atoms with Crippen LogP contribution in [0.15, 0.2) is 0 Å². The third-order valence-electron chi connectivity index (χ3n) is 2.44. The fraction of sp³-hybridized carbons (Fsp3) is 0.917. The lowest BCUT2D eigenvalue weighted by molar-refractivity contribution is -0.122. The van der Waals surface area contributed by atoms with Gasteiger partial charge in [0.15, 0.2) is 0 Å². The summed E-state index contributed by atoms with van der Waals surface area (Å²) in [7, 11) is 0. The Labute approximate surface area is 93.8 Å². The molecule has 90 valence electrons. The van der Waals surface area contributed by atoms with Crippen LogP contribution in [0.5, 0.6) is 0 Å². The SMILES string of the molecule is CCCC(N)C(=O)NCCCCC(C)C. The molecule has 0 aliphatic rings. The topological polar surface area (TPSA) is 55.1 Å². The average molecular weight is 214 g/mol. The van der Waals surface area contributed by atoms with Crippen molar-refractivity contribution in [1.29, 1.82) is 0 Å². The summed E-state index contributed by atoms with van der Waals surface area (Å²) in [5.41, 5.74) is 5.68. The van der Waals surface area contributed by atoms with E-state index in [-0.39, 0.29) is 11.9 Å². The highest BCUT2D eigenvalue weighted by molar-refractivity contribution is 5.81. The molecule has 0 aromatic rings. The van der Waals surface area contributed by atoms with Crippen LogP contribution in [-0.4, -0.2) is 18.5 Å². The molecule has 1 amide bonds. The van der Waals surface area contributed by atoms with Crippen LogP contribution in [0.2, 0.25) is 0 Å². The molecule has 0 aromatic carbocycles. The number of hydrogen-bond donors (Lipinski definition) is 2. The Hall–Kier alpha value is -0.570. The molecule has 1 unspecified atom stereocenters. The molecular weight excluding hydrogens is 188 g/mol. The van der Waals surface area contributed by atoms with Crippen LogP contribution in [0.4, 0.5) is 0 Å². The van der Waals surface area contributed by atoms with Gasteiger partial charge in [-0.2, -0.15) is 0 Å². The van der Waals surface area contributed by atoms with Gasteiger partial charge in [0.25, 0.3) is 0 Å². The quantitative estimate of drug-likeness (QED) is 0.608. The van der Waals surface area contributed by atoms with Crippen molar-refractivity contribution >= 4 is 5.91 Å². The molecule has 0 fully saturated rings. The molecule has 0 aromatic heterocycles. The van der Waals surface area contributed by atoms with Crippen molar-refractivity contribution < 1.29 is 4.79 Å². The minimum atomic E-state index is -0.319. The molecule has 0 spiro atoms. The van der Waals surface area contributed by atoms with Crippen LogP contribution in [0, 0.1) is 5.92 Å². The van der Waals surface area contributed by atoms with Gasteiger partial charge in [0, 0.05) is 6.54 Å². The standard InChI is InChI=1S/C12H26N2O/c1-4-7-11(13)12(15)14-9-6-5-8-10(2)3/h10-11H,4-9,13H2,1-3H3,(H,14,15). The number of hydrogen-bond acceptors (Lipinski definition) is 2. The molecule has 3 nitrogen and oxygen atoms in total. The Morgan fingerprint density at radius 3 is 2.47 bits per heavy atom. The highest BCUT2D eigenvalue weighted by Crippen LogP contribution is 2.05. The van der Waals surface area contributed by atoms with E-state index in [0.29, 0.717) is 0 Å². The van der Waals surface area contributed by atoms with E-state index < -0.39 is 0 Å². The maximum Gasteiger partial charge on any atom is 0.236 e. The Kier molecular flexibility index (Phi) is 8.38. The molecule has 0 bridgehead atoms. The lowest BCUT2D eigenvalue weighted by atomic mass is 10.1. The predicted molar refractivity (Wildman–Crippen MR) is 64.6 cm³/mol. The van der Waals surface area contributed by atoms with E-state index in [1.54, 1.807) is 0 Å². The van der Waals surface area contributed by atoms with Crippen LogP contribution >= 0.6 is 0 Å². The molecule has 0 saturated heterocycles. The lowest BCUT2D eigenvalue weighted by Gasteiger charge is -2.11. The maximum atomic E-state index is 11.4. The third-order valence-corrected chi connectivity index (χ3v) is 2.44. The number of carbonyl (C=O) groups is 1. The number of nitrogens with one attached hydrogen (secondary N) is 1. The summed E-state index contributed by atoms with van der Waals surface area (Å²) < 4.78 is 0. The Bertz CT molecular complexity index is 169. The molecule has 1 atom stereocenters. The average Bonchev–Trinajstić information content (AvgIpc) is 2.16. The normalized spacial score (nSPS) is 12.9. The van der Waals surface area contributed by atoms with Gasteiger partial charge in [0.1, 0.15) is 0 Å². The summed E-state index contributed by atoms with van der Waals surface area (Å²) in [6.45, 7) is 7.24. The maximum absolute atomic E-state index is 11.4. The van der Waals surface area contributed by atoms with Crippen molar-refractivity contribution in [2.24, 2.45) is 11.7 Å². The number of unbranched alkanes of at least 4 members (excludes halogenated alkanes) is 1. The van der Waals surface area contributed by atoms with Gasteiger partial charge in [0.2, 0.25) is 5.91 Å². The highest BCUT2D eigenvalue weighted by Gasteiger charge is 2.10. The van der Waals surface area contributed by atoms with Gasteiger partial charge in [-0.15, -0.1) is 0 Å². The molecule has 0 rings (SSSR count). The first kappa shape index (κ1) is 14.4. The Morgan fingerprint density at radius 1 is 1.27 bits per heavy atom. The minimum Gasteiger partial charge on any atom is -0.355 e. The third kappa shape index (κ3) is 8.43. The highest BCUT2D eigenvalue weighted by atomic mass is 16.2. The van der Waals surface area contributed by atoms with Crippen LogP contribution in [0.3, 0.4) is 0 Å². The summed E-state index contributed by atoms with van der Waals surface area (Å²) in [6.07, 6.45) is 5.21. The summed E-state index contributed by atoms with van der Waals surface area (Å²) in [5.74, 6) is 0.754. The first-order valence-corrected chi connectivity index (χ1v) is 6.11. The van der Waals surface area contributed by atoms with Crippen LogP contribution in [0.25, 0.3) is 0 Å². The molecule has 0 heterocycles. The van der Waals surface area contributed by atoms with Crippen molar-refractivity contribution in [2.45, 2.75) is 58.9 Å². The van der Waals surface area contributed by atoms with Crippen molar-refractivity contribution in [2.75, 3.05) is 6.54 Å². The number of nitrogens with two attached hydrogens (primary N) is 1. The van der Waals surface area contributed by atoms with Crippen molar-refractivity contribution in [3.8, 4) is 0 Å². The second-order valence-corrected chi connectivity index (χ2v) is 4.58. The molecule has 0 aliphatic carbocycles. The monoisotopic (exact) mass is 214 g/mol. The fourth-order valence-corrected chi connectivity index (χ4v) is 1.46. The first-order chi connectivity index (χ1) is 7.07. The van der Waals surface area contributed by atoms with Gasteiger partial charge in [0.05, 0.1) is 6.04 Å². The van der Waals surface area contributed by atoms with Gasteiger partial charge < -0.3 is 11.1 Å². The zero-order valence-electron chi connectivity index (χ0n) is 10.4. The van der Waals surface area contributed by atoms with Gasteiger partial charge in [-0.1, -0.05) is 40.0 Å². The zero-order valence-corrected chi connectivity index (χ0v) is 10.4.